The molecule has 1 heterocycles. The molecule has 0 bridgehead atoms. The van der Waals surface area contributed by atoms with E-state index in [9.17, 15) is 14.2 Å². The quantitative estimate of drug-likeness (QED) is 0.346. The Labute approximate surface area is 129 Å². The Bertz CT molecular complexity index is 616. The number of esters is 1. The molecule has 120 valence electrons. The molecule has 7 heteroatoms. The van der Waals surface area contributed by atoms with E-state index in [-0.39, 0.29) is 19.0 Å². The molecule has 0 spiro atoms. The highest BCUT2D eigenvalue weighted by atomic mass is 31.2. The van der Waals surface area contributed by atoms with E-state index in [1.54, 1.807) is 38.1 Å². The number of fused-ring (bicyclic) bond motifs is 1. The Morgan fingerprint density at radius 3 is 2.36 bits per heavy atom. The fourth-order valence-electron chi connectivity index (χ4n) is 2.60. The first-order chi connectivity index (χ1) is 10.4. The van der Waals surface area contributed by atoms with Crippen LogP contribution in [0.4, 0.5) is 0 Å². The van der Waals surface area contributed by atoms with Gasteiger partial charge >= 0.3 is 13.6 Å². The average Bonchev–Trinajstić information content (AvgIpc) is 2.45. The molecular weight excluding hydrogens is 307 g/mol. The van der Waals surface area contributed by atoms with E-state index in [4.69, 9.17) is 13.8 Å². The second kappa shape index (κ2) is 6.73. The Morgan fingerprint density at radius 1 is 1.23 bits per heavy atom. The summed E-state index contributed by atoms with van der Waals surface area (Å²) in [5, 5.41) is 0. The highest BCUT2D eigenvalue weighted by Crippen LogP contribution is 2.66. The molecule has 2 atom stereocenters. The minimum atomic E-state index is -3.70. The number of hydrogen-bond donors (Lipinski definition) is 0. The standard InChI is InChI=1S/C15H19O6P/c1-4-19-22(18,20-5-2)14-11-8-6-7-9-12(11)21-15(17)13(14)10(3)16/h6-9,13-14H,4-5H2,1-3H3. The highest BCUT2D eigenvalue weighted by molar-refractivity contribution is 7.54. The van der Waals surface area contributed by atoms with Crippen LogP contribution in [0.5, 0.6) is 5.75 Å². The van der Waals surface area contributed by atoms with Crippen molar-refractivity contribution in [3.63, 3.8) is 0 Å². The molecule has 2 unspecified atom stereocenters. The molecule has 0 radical (unpaired) electrons. The van der Waals surface area contributed by atoms with Crippen molar-refractivity contribution < 1.29 is 27.9 Å². The number of carbonyl (C=O) groups excluding carboxylic acids is 2. The van der Waals surface area contributed by atoms with Crippen LogP contribution in [0.15, 0.2) is 24.3 Å². The number of para-hydroxylation sites is 1. The Kier molecular flexibility index (Phi) is 5.16. The van der Waals surface area contributed by atoms with Gasteiger partial charge in [-0.05, 0) is 26.8 Å². The van der Waals surface area contributed by atoms with Crippen molar-refractivity contribution in [2.24, 2.45) is 5.92 Å². The summed E-state index contributed by atoms with van der Waals surface area (Å²) in [6.07, 6.45) is 0. The van der Waals surface area contributed by atoms with Gasteiger partial charge in [0.1, 0.15) is 23.1 Å². The van der Waals surface area contributed by atoms with Crippen molar-refractivity contribution in [2.75, 3.05) is 13.2 Å². The van der Waals surface area contributed by atoms with Crippen LogP contribution in [0.3, 0.4) is 0 Å². The molecule has 0 aromatic heterocycles. The molecule has 0 saturated heterocycles. The normalized spacial score (nSPS) is 21.1. The molecule has 0 fully saturated rings. The van der Waals surface area contributed by atoms with Crippen LogP contribution in [-0.2, 0) is 23.2 Å². The van der Waals surface area contributed by atoms with Gasteiger partial charge in [-0.15, -0.1) is 0 Å². The zero-order valence-electron chi connectivity index (χ0n) is 12.8. The van der Waals surface area contributed by atoms with Gasteiger partial charge in [-0.2, -0.15) is 0 Å². The maximum atomic E-state index is 13.2. The van der Waals surface area contributed by atoms with Gasteiger partial charge in [0, 0.05) is 5.56 Å². The summed E-state index contributed by atoms with van der Waals surface area (Å²) in [5.74, 6) is -2.06. The van der Waals surface area contributed by atoms with Crippen LogP contribution in [0.25, 0.3) is 0 Å². The maximum absolute atomic E-state index is 13.2. The van der Waals surface area contributed by atoms with E-state index < -0.39 is 30.9 Å². The molecule has 1 aliphatic heterocycles. The predicted molar refractivity (Wildman–Crippen MR) is 79.8 cm³/mol. The SMILES string of the molecule is CCOP(=O)(OCC)C1c2ccccc2OC(=O)C1C(C)=O. The smallest absolute Gasteiger partial charge is 0.339 e. The number of Topliss-reactive ketones (excluding diaryl/α,β-unsaturated/α-hetero) is 1. The molecule has 0 saturated carbocycles. The lowest BCUT2D eigenvalue weighted by Crippen LogP contribution is -2.36. The molecule has 0 aliphatic carbocycles. The summed E-state index contributed by atoms with van der Waals surface area (Å²) in [6, 6.07) is 6.69. The molecule has 6 nitrogen and oxygen atoms in total. The molecule has 2 rings (SSSR count). The van der Waals surface area contributed by atoms with Crippen molar-refractivity contribution in [1.29, 1.82) is 0 Å². The summed E-state index contributed by atoms with van der Waals surface area (Å²) in [6.45, 7) is 4.93. The van der Waals surface area contributed by atoms with E-state index in [1.807, 2.05) is 0 Å². The van der Waals surface area contributed by atoms with Crippen molar-refractivity contribution in [3.05, 3.63) is 29.8 Å². The van der Waals surface area contributed by atoms with Gasteiger partial charge in [0.15, 0.2) is 0 Å². The second-order valence-electron chi connectivity index (χ2n) is 4.87. The Balaban J connectivity index is 2.62. The van der Waals surface area contributed by atoms with Crippen LogP contribution in [0.1, 0.15) is 32.0 Å². The van der Waals surface area contributed by atoms with Gasteiger partial charge in [-0.3, -0.25) is 14.2 Å². The largest absolute Gasteiger partial charge is 0.426 e. The van der Waals surface area contributed by atoms with Crippen molar-refractivity contribution in [3.8, 4) is 5.75 Å². The minimum absolute atomic E-state index is 0.148. The average molecular weight is 326 g/mol. The summed E-state index contributed by atoms with van der Waals surface area (Å²) < 4.78 is 29.1. The van der Waals surface area contributed by atoms with E-state index in [0.29, 0.717) is 5.56 Å². The third kappa shape index (κ3) is 3.00. The first-order valence-electron chi connectivity index (χ1n) is 7.14. The zero-order valence-corrected chi connectivity index (χ0v) is 13.7. The molecule has 0 N–H and O–H groups in total. The molecule has 0 amide bonds. The summed E-state index contributed by atoms with van der Waals surface area (Å²) >= 11 is 0. The van der Waals surface area contributed by atoms with Crippen molar-refractivity contribution in [2.45, 2.75) is 26.4 Å². The number of benzene rings is 1. The maximum Gasteiger partial charge on any atom is 0.339 e. The molecule has 1 aliphatic rings. The highest BCUT2D eigenvalue weighted by Gasteiger charge is 2.52. The van der Waals surface area contributed by atoms with Crippen LogP contribution >= 0.6 is 7.60 Å². The summed E-state index contributed by atoms with van der Waals surface area (Å²) in [4.78, 5) is 24.1. The Hall–Kier alpha value is -1.49. The van der Waals surface area contributed by atoms with E-state index in [2.05, 4.69) is 0 Å². The van der Waals surface area contributed by atoms with Crippen LogP contribution in [-0.4, -0.2) is 25.0 Å². The number of ketones is 1. The summed E-state index contributed by atoms with van der Waals surface area (Å²) in [5.41, 5.74) is -0.491. The minimum Gasteiger partial charge on any atom is -0.426 e. The molecule has 1 aromatic rings. The number of hydrogen-bond acceptors (Lipinski definition) is 6. The first-order valence-corrected chi connectivity index (χ1v) is 8.75. The third-order valence-electron chi connectivity index (χ3n) is 3.41. The first kappa shape index (κ1) is 16.9. The lowest BCUT2D eigenvalue weighted by molar-refractivity contribution is -0.145. The fraction of sp³-hybridized carbons (Fsp3) is 0.467. The van der Waals surface area contributed by atoms with Gasteiger partial charge in [-0.1, -0.05) is 18.2 Å². The third-order valence-corrected chi connectivity index (χ3v) is 5.91. The molecular formula is C15H19O6P. The summed E-state index contributed by atoms with van der Waals surface area (Å²) in [7, 11) is -3.70. The van der Waals surface area contributed by atoms with Gasteiger partial charge < -0.3 is 13.8 Å². The Morgan fingerprint density at radius 2 is 1.82 bits per heavy atom. The monoisotopic (exact) mass is 326 g/mol. The number of carbonyl (C=O) groups is 2. The van der Waals surface area contributed by atoms with Gasteiger partial charge in [0.05, 0.1) is 13.2 Å². The topological polar surface area (TPSA) is 78.9 Å². The predicted octanol–water partition coefficient (Wildman–Crippen LogP) is 3.12. The van der Waals surface area contributed by atoms with Gasteiger partial charge in [-0.25, -0.2) is 0 Å². The van der Waals surface area contributed by atoms with E-state index in [0.717, 1.165) is 0 Å². The van der Waals surface area contributed by atoms with Gasteiger partial charge in [0.2, 0.25) is 0 Å². The molecule has 1 aromatic carbocycles. The van der Waals surface area contributed by atoms with Crippen molar-refractivity contribution in [1.82, 2.24) is 0 Å². The molecule has 22 heavy (non-hydrogen) atoms. The van der Waals surface area contributed by atoms with Crippen molar-refractivity contribution >= 4 is 19.3 Å². The lowest BCUT2D eigenvalue weighted by Gasteiger charge is -2.34. The van der Waals surface area contributed by atoms with Crippen LogP contribution in [0.2, 0.25) is 0 Å². The van der Waals surface area contributed by atoms with Crippen LogP contribution in [0, 0.1) is 5.92 Å². The second-order valence-corrected chi connectivity index (χ2v) is 7.02. The number of rotatable bonds is 6. The van der Waals surface area contributed by atoms with Crippen LogP contribution < -0.4 is 4.74 Å². The lowest BCUT2D eigenvalue weighted by atomic mass is 9.92. The zero-order chi connectivity index (χ0) is 16.3. The fourth-order valence-corrected chi connectivity index (χ4v) is 4.96. The van der Waals surface area contributed by atoms with E-state index >= 15 is 0 Å². The van der Waals surface area contributed by atoms with Gasteiger partial charge in [0.25, 0.3) is 0 Å². The number of ether oxygens (including phenoxy) is 1. The van der Waals surface area contributed by atoms with E-state index in [1.165, 1.54) is 6.92 Å².